The van der Waals surface area contributed by atoms with Gasteiger partial charge >= 0.3 is 5.97 Å². The van der Waals surface area contributed by atoms with Crippen molar-refractivity contribution in [3.8, 4) is 11.5 Å². The van der Waals surface area contributed by atoms with Gasteiger partial charge in [-0.05, 0) is 29.8 Å². The maximum atomic E-state index is 11.5. The molecule has 1 unspecified atom stereocenters. The third kappa shape index (κ3) is 3.32. The first-order chi connectivity index (χ1) is 10.1. The van der Waals surface area contributed by atoms with Crippen LogP contribution in [0.1, 0.15) is 5.56 Å². The number of methoxy groups -OCH3 is 1. The van der Waals surface area contributed by atoms with E-state index in [-0.39, 0.29) is 6.61 Å². The lowest BCUT2D eigenvalue weighted by atomic mass is 9.92. The lowest BCUT2D eigenvalue weighted by molar-refractivity contribution is -0.145. The van der Waals surface area contributed by atoms with Crippen molar-refractivity contribution in [2.75, 3.05) is 13.7 Å². The Morgan fingerprint density at radius 3 is 2.19 bits per heavy atom. The van der Waals surface area contributed by atoms with Crippen LogP contribution in [0, 0.1) is 0 Å². The molecule has 0 aliphatic carbocycles. The number of carboxylic acids is 1. The molecule has 0 saturated carbocycles. The fraction of sp³-hybridized carbons (Fsp3) is 0.188. The maximum Gasteiger partial charge on any atom is 0.331 e. The summed E-state index contributed by atoms with van der Waals surface area (Å²) in [5.41, 5.74) is 4.91. The van der Waals surface area contributed by atoms with Crippen LogP contribution in [-0.4, -0.2) is 24.8 Å². The van der Waals surface area contributed by atoms with Crippen LogP contribution in [0.2, 0.25) is 0 Å². The number of nitrogens with two attached hydrogens (primary N) is 1. The van der Waals surface area contributed by atoms with Crippen LogP contribution >= 0.6 is 0 Å². The molecule has 0 aromatic heterocycles. The summed E-state index contributed by atoms with van der Waals surface area (Å²) in [5.74, 6) is 0.0904. The van der Waals surface area contributed by atoms with Gasteiger partial charge in [-0.25, -0.2) is 4.79 Å². The van der Waals surface area contributed by atoms with E-state index in [9.17, 15) is 9.90 Å². The third-order valence-corrected chi connectivity index (χ3v) is 3.20. The molecule has 1 atom stereocenters. The van der Waals surface area contributed by atoms with Gasteiger partial charge in [0.05, 0.1) is 7.11 Å². The van der Waals surface area contributed by atoms with Gasteiger partial charge in [-0.15, -0.1) is 0 Å². The summed E-state index contributed by atoms with van der Waals surface area (Å²) in [7, 11) is 1.57. The van der Waals surface area contributed by atoms with E-state index in [1.165, 1.54) is 0 Å². The second kappa shape index (κ2) is 6.28. The zero-order valence-electron chi connectivity index (χ0n) is 11.7. The van der Waals surface area contributed by atoms with Crippen molar-refractivity contribution in [1.29, 1.82) is 0 Å². The summed E-state index contributed by atoms with van der Waals surface area (Å²) in [5, 5.41) is 9.42. The molecule has 0 fully saturated rings. The van der Waals surface area contributed by atoms with E-state index in [1.54, 1.807) is 61.7 Å². The normalized spacial score (nSPS) is 13.2. The molecule has 110 valence electrons. The largest absolute Gasteiger partial charge is 0.497 e. The molecule has 3 N–H and O–H groups in total. The van der Waals surface area contributed by atoms with Crippen LogP contribution in [0.4, 0.5) is 0 Å². The Labute approximate surface area is 122 Å². The molecule has 5 nitrogen and oxygen atoms in total. The first-order valence-electron chi connectivity index (χ1n) is 6.41. The molecule has 0 heterocycles. The van der Waals surface area contributed by atoms with Crippen molar-refractivity contribution in [2.45, 2.75) is 5.54 Å². The molecule has 0 saturated heterocycles. The van der Waals surface area contributed by atoms with Crippen LogP contribution in [0.3, 0.4) is 0 Å². The Balaban J connectivity index is 2.15. The third-order valence-electron chi connectivity index (χ3n) is 3.20. The maximum absolute atomic E-state index is 11.5. The summed E-state index contributed by atoms with van der Waals surface area (Å²) in [4.78, 5) is 11.5. The number of hydrogen-bond acceptors (Lipinski definition) is 4. The van der Waals surface area contributed by atoms with Crippen molar-refractivity contribution in [1.82, 2.24) is 0 Å². The minimum atomic E-state index is -1.60. The molecule has 0 aliphatic heterocycles. The summed E-state index contributed by atoms with van der Waals surface area (Å²) < 4.78 is 10.6. The van der Waals surface area contributed by atoms with Gasteiger partial charge in [0.15, 0.2) is 5.54 Å². The van der Waals surface area contributed by atoms with Crippen LogP contribution in [0.5, 0.6) is 11.5 Å². The Bertz CT molecular complexity index is 597. The molecule has 5 heteroatoms. The molecule has 21 heavy (non-hydrogen) atoms. The van der Waals surface area contributed by atoms with Gasteiger partial charge in [0, 0.05) is 0 Å². The lowest BCUT2D eigenvalue weighted by Crippen LogP contribution is -2.49. The summed E-state index contributed by atoms with van der Waals surface area (Å²) in [6.45, 7) is -0.168. The molecule has 0 bridgehead atoms. The molecule has 0 spiro atoms. The van der Waals surface area contributed by atoms with Crippen LogP contribution in [0.15, 0.2) is 54.6 Å². The van der Waals surface area contributed by atoms with Crippen molar-refractivity contribution >= 4 is 5.97 Å². The van der Waals surface area contributed by atoms with Gasteiger partial charge < -0.3 is 20.3 Å². The predicted octanol–water partition coefficient (Wildman–Crippen LogP) is 2.01. The van der Waals surface area contributed by atoms with E-state index in [2.05, 4.69) is 0 Å². The average Bonchev–Trinajstić information content (AvgIpc) is 2.53. The zero-order chi connectivity index (χ0) is 15.3. The van der Waals surface area contributed by atoms with E-state index in [1.807, 2.05) is 0 Å². The Morgan fingerprint density at radius 2 is 1.67 bits per heavy atom. The quantitative estimate of drug-likeness (QED) is 0.849. The van der Waals surface area contributed by atoms with Crippen LogP contribution < -0.4 is 15.2 Å². The topological polar surface area (TPSA) is 81.8 Å². The van der Waals surface area contributed by atoms with E-state index in [0.717, 1.165) is 0 Å². The Morgan fingerprint density at radius 1 is 1.10 bits per heavy atom. The first-order valence-corrected chi connectivity index (χ1v) is 6.41. The highest BCUT2D eigenvalue weighted by atomic mass is 16.5. The highest BCUT2D eigenvalue weighted by Gasteiger charge is 2.37. The smallest absolute Gasteiger partial charge is 0.331 e. The fourth-order valence-corrected chi connectivity index (χ4v) is 1.87. The van der Waals surface area contributed by atoms with E-state index >= 15 is 0 Å². The van der Waals surface area contributed by atoms with Gasteiger partial charge in [0.1, 0.15) is 18.1 Å². The SMILES string of the molecule is COc1ccc(OCC(N)(C(=O)O)c2ccccc2)cc1. The number of aliphatic carboxylic acids is 1. The molecule has 0 amide bonds. The van der Waals surface area contributed by atoms with Crippen molar-refractivity contribution < 1.29 is 19.4 Å². The second-order valence-corrected chi connectivity index (χ2v) is 4.61. The molecule has 2 rings (SSSR count). The van der Waals surface area contributed by atoms with Crippen molar-refractivity contribution in [3.05, 3.63) is 60.2 Å². The van der Waals surface area contributed by atoms with Gasteiger partial charge in [-0.1, -0.05) is 30.3 Å². The first kappa shape index (κ1) is 14.9. The van der Waals surface area contributed by atoms with E-state index in [0.29, 0.717) is 17.1 Å². The monoisotopic (exact) mass is 287 g/mol. The number of carbonyl (C=O) groups is 1. The summed E-state index contributed by atoms with van der Waals surface area (Å²) in [6, 6.07) is 15.5. The van der Waals surface area contributed by atoms with Gasteiger partial charge in [0.2, 0.25) is 0 Å². The summed E-state index contributed by atoms with van der Waals surface area (Å²) >= 11 is 0. The van der Waals surface area contributed by atoms with Gasteiger partial charge in [-0.2, -0.15) is 0 Å². The standard InChI is InChI=1S/C16H17NO4/c1-20-13-7-9-14(10-8-13)21-11-16(17,15(18)19)12-5-3-2-4-6-12/h2-10H,11,17H2,1H3,(H,18,19). The molecule has 0 aliphatic rings. The van der Waals surface area contributed by atoms with Crippen LogP contribution in [0.25, 0.3) is 0 Å². The number of carboxylic acid groups (broad SMARTS) is 1. The molecular formula is C16H17NO4. The number of hydrogen-bond donors (Lipinski definition) is 2. The number of ether oxygens (including phenoxy) is 2. The second-order valence-electron chi connectivity index (χ2n) is 4.61. The predicted molar refractivity (Wildman–Crippen MR) is 78.4 cm³/mol. The van der Waals surface area contributed by atoms with Gasteiger partial charge in [-0.3, -0.25) is 0 Å². The molecule has 0 radical (unpaired) electrons. The number of benzene rings is 2. The van der Waals surface area contributed by atoms with E-state index in [4.69, 9.17) is 15.2 Å². The molecule has 2 aromatic rings. The Kier molecular flexibility index (Phi) is 4.45. The Hall–Kier alpha value is -2.53. The zero-order valence-corrected chi connectivity index (χ0v) is 11.7. The number of rotatable bonds is 6. The fourth-order valence-electron chi connectivity index (χ4n) is 1.87. The minimum absolute atomic E-state index is 0.168. The summed E-state index contributed by atoms with van der Waals surface area (Å²) in [6.07, 6.45) is 0. The van der Waals surface area contributed by atoms with Gasteiger partial charge in [0.25, 0.3) is 0 Å². The van der Waals surface area contributed by atoms with Crippen molar-refractivity contribution in [2.24, 2.45) is 5.73 Å². The highest BCUT2D eigenvalue weighted by molar-refractivity contribution is 5.80. The highest BCUT2D eigenvalue weighted by Crippen LogP contribution is 2.22. The minimum Gasteiger partial charge on any atom is -0.497 e. The molecule has 2 aromatic carbocycles. The lowest BCUT2D eigenvalue weighted by Gasteiger charge is -2.25. The molecular weight excluding hydrogens is 270 g/mol. The van der Waals surface area contributed by atoms with Crippen molar-refractivity contribution in [3.63, 3.8) is 0 Å². The van der Waals surface area contributed by atoms with Crippen LogP contribution in [-0.2, 0) is 10.3 Å². The van der Waals surface area contributed by atoms with E-state index < -0.39 is 11.5 Å². The average molecular weight is 287 g/mol.